The molecule has 1 saturated heterocycles. The fourth-order valence-corrected chi connectivity index (χ4v) is 4.07. The van der Waals surface area contributed by atoms with Crippen LogP contribution in [0.4, 0.5) is 5.69 Å². The van der Waals surface area contributed by atoms with Crippen LogP contribution in [0.2, 0.25) is 0 Å². The summed E-state index contributed by atoms with van der Waals surface area (Å²) in [5.74, 6) is 0. The Balaban J connectivity index is 2.03. The number of sulfonamides is 1. The van der Waals surface area contributed by atoms with Gasteiger partial charge in [0.05, 0.1) is 0 Å². The molecule has 3 rings (SSSR count). The summed E-state index contributed by atoms with van der Waals surface area (Å²) in [4.78, 5) is 5.43. The molecule has 0 atom stereocenters. The number of anilines is 1. The van der Waals surface area contributed by atoms with E-state index < -0.39 is 10.0 Å². The number of benzene rings is 1. The van der Waals surface area contributed by atoms with Gasteiger partial charge in [-0.25, -0.2) is 8.42 Å². The van der Waals surface area contributed by atoms with Gasteiger partial charge in [0.15, 0.2) is 0 Å². The van der Waals surface area contributed by atoms with Crippen LogP contribution in [0.5, 0.6) is 0 Å². The largest absolute Gasteiger partial charge is 0.399 e. The molecule has 1 aliphatic rings. The van der Waals surface area contributed by atoms with E-state index in [2.05, 4.69) is 9.88 Å². The van der Waals surface area contributed by atoms with Crippen molar-refractivity contribution < 1.29 is 8.42 Å². The zero-order valence-corrected chi connectivity index (χ0v) is 12.2. The average Bonchev–Trinajstić information content (AvgIpc) is 2.82. The maximum atomic E-state index is 12.7. The summed E-state index contributed by atoms with van der Waals surface area (Å²) in [5, 5.41) is 0.656. The molecule has 1 fully saturated rings. The summed E-state index contributed by atoms with van der Waals surface area (Å²) in [7, 11) is -1.47. The first kappa shape index (κ1) is 13.4. The molecule has 0 saturated carbocycles. The van der Waals surface area contributed by atoms with Gasteiger partial charge in [-0.05, 0) is 25.2 Å². The summed E-state index contributed by atoms with van der Waals surface area (Å²) in [6, 6.07) is 5.26. The van der Waals surface area contributed by atoms with Crippen molar-refractivity contribution >= 4 is 26.6 Å². The number of piperazine rings is 1. The van der Waals surface area contributed by atoms with E-state index in [-0.39, 0.29) is 0 Å². The number of nitrogens with one attached hydrogen (secondary N) is 1. The lowest BCUT2D eigenvalue weighted by Crippen LogP contribution is -2.46. The van der Waals surface area contributed by atoms with Gasteiger partial charge < -0.3 is 15.6 Å². The molecule has 0 unspecified atom stereocenters. The monoisotopic (exact) mass is 294 g/mol. The summed E-state index contributed by atoms with van der Waals surface area (Å²) in [6.07, 6.45) is 1.55. The van der Waals surface area contributed by atoms with E-state index in [1.165, 1.54) is 0 Å². The highest BCUT2D eigenvalue weighted by Crippen LogP contribution is 2.27. The molecule has 0 aliphatic carbocycles. The first-order valence-electron chi connectivity index (χ1n) is 6.54. The second-order valence-corrected chi connectivity index (χ2v) is 7.07. The zero-order chi connectivity index (χ0) is 14.3. The molecule has 1 aliphatic heterocycles. The number of nitrogen functional groups attached to an aromatic ring is 1. The van der Waals surface area contributed by atoms with Crippen LogP contribution in [0.1, 0.15) is 0 Å². The average molecular weight is 294 g/mol. The first-order valence-corrected chi connectivity index (χ1v) is 7.98. The van der Waals surface area contributed by atoms with Crippen molar-refractivity contribution in [3.63, 3.8) is 0 Å². The lowest BCUT2D eigenvalue weighted by molar-refractivity contribution is 0.222. The van der Waals surface area contributed by atoms with E-state index in [9.17, 15) is 8.42 Å². The normalized spacial score (nSPS) is 18.6. The number of aromatic amines is 1. The fraction of sp³-hybridized carbons (Fsp3) is 0.385. The molecule has 7 heteroatoms. The molecule has 0 bridgehead atoms. The highest BCUT2D eigenvalue weighted by molar-refractivity contribution is 7.89. The van der Waals surface area contributed by atoms with Crippen molar-refractivity contribution in [3.8, 4) is 0 Å². The van der Waals surface area contributed by atoms with Gasteiger partial charge in [0.2, 0.25) is 10.0 Å². The van der Waals surface area contributed by atoms with Gasteiger partial charge in [0, 0.05) is 49.0 Å². The first-order chi connectivity index (χ1) is 9.48. The van der Waals surface area contributed by atoms with Crippen molar-refractivity contribution in [1.29, 1.82) is 0 Å². The van der Waals surface area contributed by atoms with Gasteiger partial charge in [-0.1, -0.05) is 0 Å². The molecule has 0 amide bonds. The van der Waals surface area contributed by atoms with Crippen LogP contribution in [0.3, 0.4) is 0 Å². The topological polar surface area (TPSA) is 82.4 Å². The molecule has 108 valence electrons. The van der Waals surface area contributed by atoms with Crippen LogP contribution in [0.15, 0.2) is 29.3 Å². The van der Waals surface area contributed by atoms with Crippen LogP contribution in [0, 0.1) is 0 Å². The maximum absolute atomic E-state index is 12.7. The third-order valence-electron chi connectivity index (χ3n) is 3.75. The number of rotatable bonds is 2. The molecule has 6 nitrogen and oxygen atoms in total. The molecule has 2 aromatic rings. The van der Waals surface area contributed by atoms with Crippen LogP contribution in [0.25, 0.3) is 10.9 Å². The number of hydrogen-bond acceptors (Lipinski definition) is 4. The summed E-state index contributed by atoms with van der Waals surface area (Å²) < 4.78 is 27.0. The molecule has 3 N–H and O–H groups in total. The molecule has 2 heterocycles. The number of nitrogens with zero attached hydrogens (tertiary/aromatic N) is 2. The van der Waals surface area contributed by atoms with Crippen molar-refractivity contribution in [2.75, 3.05) is 39.0 Å². The third-order valence-corrected chi connectivity index (χ3v) is 5.69. The smallest absolute Gasteiger partial charge is 0.245 e. The van der Waals surface area contributed by atoms with Crippen LogP contribution in [-0.4, -0.2) is 55.8 Å². The minimum absolute atomic E-state index is 0.310. The van der Waals surface area contributed by atoms with Crippen molar-refractivity contribution in [3.05, 3.63) is 24.4 Å². The van der Waals surface area contributed by atoms with E-state index in [1.54, 1.807) is 28.7 Å². The van der Waals surface area contributed by atoms with Gasteiger partial charge in [-0.3, -0.25) is 0 Å². The number of fused-ring (bicyclic) bond motifs is 1. The Labute approximate surface area is 118 Å². The number of aromatic nitrogens is 1. The van der Waals surface area contributed by atoms with Crippen molar-refractivity contribution in [2.24, 2.45) is 0 Å². The number of nitrogens with two attached hydrogens (primary N) is 1. The van der Waals surface area contributed by atoms with E-state index in [0.29, 0.717) is 29.1 Å². The van der Waals surface area contributed by atoms with E-state index >= 15 is 0 Å². The Kier molecular flexibility index (Phi) is 3.19. The molecular weight excluding hydrogens is 276 g/mol. The van der Waals surface area contributed by atoms with Gasteiger partial charge in [-0.2, -0.15) is 4.31 Å². The minimum atomic E-state index is -3.47. The predicted molar refractivity (Wildman–Crippen MR) is 79.0 cm³/mol. The van der Waals surface area contributed by atoms with Crippen LogP contribution < -0.4 is 5.73 Å². The standard InChI is InChI=1S/C13H18N4O2S/c1-16-4-6-17(7-5-16)20(18,19)13-9-15-12-3-2-10(14)8-11(12)13/h2-3,8-9,15H,4-7,14H2,1H3. The van der Waals surface area contributed by atoms with Crippen molar-refractivity contribution in [1.82, 2.24) is 14.2 Å². The zero-order valence-electron chi connectivity index (χ0n) is 11.3. The lowest BCUT2D eigenvalue weighted by atomic mass is 10.2. The van der Waals surface area contributed by atoms with E-state index in [0.717, 1.165) is 18.6 Å². The van der Waals surface area contributed by atoms with E-state index in [4.69, 9.17) is 5.73 Å². The third kappa shape index (κ3) is 2.17. The van der Waals surface area contributed by atoms with E-state index in [1.807, 2.05) is 7.05 Å². The Bertz CT molecular complexity index is 730. The Morgan fingerprint density at radius 2 is 1.90 bits per heavy atom. The summed E-state index contributed by atoms with van der Waals surface area (Å²) in [5.41, 5.74) is 7.11. The number of H-pyrrole nitrogens is 1. The molecule has 0 spiro atoms. The van der Waals surface area contributed by atoms with Gasteiger partial charge in [0.25, 0.3) is 0 Å². The van der Waals surface area contributed by atoms with Crippen LogP contribution >= 0.6 is 0 Å². The SMILES string of the molecule is CN1CCN(S(=O)(=O)c2c[nH]c3ccc(N)cc23)CC1. The Morgan fingerprint density at radius 1 is 1.20 bits per heavy atom. The molecule has 0 radical (unpaired) electrons. The fourth-order valence-electron chi connectivity index (χ4n) is 2.49. The molecular formula is C13H18N4O2S. The minimum Gasteiger partial charge on any atom is -0.399 e. The summed E-state index contributed by atoms with van der Waals surface area (Å²) >= 11 is 0. The van der Waals surface area contributed by atoms with Gasteiger partial charge in [-0.15, -0.1) is 0 Å². The van der Waals surface area contributed by atoms with Crippen LogP contribution in [-0.2, 0) is 10.0 Å². The highest BCUT2D eigenvalue weighted by atomic mass is 32.2. The highest BCUT2D eigenvalue weighted by Gasteiger charge is 2.29. The van der Waals surface area contributed by atoms with Gasteiger partial charge >= 0.3 is 0 Å². The van der Waals surface area contributed by atoms with Gasteiger partial charge in [0.1, 0.15) is 4.90 Å². The molecule has 20 heavy (non-hydrogen) atoms. The Morgan fingerprint density at radius 3 is 2.60 bits per heavy atom. The summed E-state index contributed by atoms with van der Waals surface area (Å²) in [6.45, 7) is 2.55. The second kappa shape index (κ2) is 4.76. The lowest BCUT2D eigenvalue weighted by Gasteiger charge is -2.31. The number of hydrogen-bond donors (Lipinski definition) is 2. The quantitative estimate of drug-likeness (QED) is 0.798. The Hall–Kier alpha value is -1.57. The molecule has 1 aromatic carbocycles. The maximum Gasteiger partial charge on any atom is 0.245 e. The second-order valence-electron chi connectivity index (χ2n) is 5.17. The predicted octanol–water partition coefficient (Wildman–Crippen LogP) is 0.686. The molecule has 1 aromatic heterocycles. The number of likely N-dealkylation sites (N-methyl/N-ethyl adjacent to an activating group) is 1. The van der Waals surface area contributed by atoms with Crippen molar-refractivity contribution in [2.45, 2.75) is 4.90 Å².